The van der Waals surface area contributed by atoms with Crippen molar-refractivity contribution < 1.29 is 9.90 Å². The standard InChI is InChI=1S/C15H18ClN3O2/c1-9-4-5-11(8-20)6-13(9)17-14(21)7-12-10(2)18-19(3)15(12)16/h4-6,20H,7-8H2,1-3H3,(H,17,21). The Hall–Kier alpha value is -1.85. The van der Waals surface area contributed by atoms with Crippen LogP contribution in [0, 0.1) is 13.8 Å². The zero-order valence-corrected chi connectivity index (χ0v) is 13.0. The van der Waals surface area contributed by atoms with Gasteiger partial charge in [-0.3, -0.25) is 9.48 Å². The Morgan fingerprint density at radius 3 is 2.71 bits per heavy atom. The lowest BCUT2D eigenvalue weighted by molar-refractivity contribution is -0.115. The molecule has 1 heterocycles. The van der Waals surface area contributed by atoms with Crippen LogP contribution >= 0.6 is 11.6 Å². The quantitative estimate of drug-likeness (QED) is 0.911. The van der Waals surface area contributed by atoms with E-state index in [9.17, 15) is 4.79 Å². The highest BCUT2D eigenvalue weighted by molar-refractivity contribution is 6.30. The average molecular weight is 308 g/mol. The minimum atomic E-state index is -0.161. The van der Waals surface area contributed by atoms with Crippen molar-refractivity contribution in [3.63, 3.8) is 0 Å². The second-order valence-corrected chi connectivity index (χ2v) is 5.37. The van der Waals surface area contributed by atoms with Gasteiger partial charge in [-0.05, 0) is 31.0 Å². The summed E-state index contributed by atoms with van der Waals surface area (Å²) >= 11 is 6.13. The predicted molar refractivity (Wildman–Crippen MR) is 82.4 cm³/mol. The number of rotatable bonds is 4. The number of amides is 1. The summed E-state index contributed by atoms with van der Waals surface area (Å²) in [4.78, 5) is 12.2. The molecule has 0 bridgehead atoms. The van der Waals surface area contributed by atoms with Crippen LogP contribution in [-0.2, 0) is 24.9 Å². The molecular weight excluding hydrogens is 290 g/mol. The second-order valence-electron chi connectivity index (χ2n) is 5.01. The summed E-state index contributed by atoms with van der Waals surface area (Å²) in [5.41, 5.74) is 3.87. The Kier molecular flexibility index (Phi) is 4.65. The molecule has 6 heteroatoms. The van der Waals surface area contributed by atoms with Gasteiger partial charge in [-0.25, -0.2) is 0 Å². The van der Waals surface area contributed by atoms with Crippen LogP contribution in [0.25, 0.3) is 0 Å². The van der Waals surface area contributed by atoms with E-state index >= 15 is 0 Å². The molecular formula is C15H18ClN3O2. The van der Waals surface area contributed by atoms with Gasteiger partial charge in [0, 0.05) is 18.3 Å². The first kappa shape index (κ1) is 15.5. The summed E-state index contributed by atoms with van der Waals surface area (Å²) in [7, 11) is 1.74. The van der Waals surface area contributed by atoms with E-state index in [1.165, 1.54) is 0 Å². The minimum absolute atomic E-state index is 0.0588. The monoisotopic (exact) mass is 307 g/mol. The molecule has 0 atom stereocenters. The molecule has 0 unspecified atom stereocenters. The van der Waals surface area contributed by atoms with Gasteiger partial charge in [-0.1, -0.05) is 23.7 Å². The van der Waals surface area contributed by atoms with Crippen LogP contribution in [0.5, 0.6) is 0 Å². The smallest absolute Gasteiger partial charge is 0.228 e. The van der Waals surface area contributed by atoms with Crippen LogP contribution in [-0.4, -0.2) is 20.8 Å². The van der Waals surface area contributed by atoms with Crippen LogP contribution in [0.2, 0.25) is 5.15 Å². The maximum absolute atomic E-state index is 12.2. The van der Waals surface area contributed by atoms with Crippen LogP contribution in [0.3, 0.4) is 0 Å². The fraction of sp³-hybridized carbons (Fsp3) is 0.333. The number of benzene rings is 1. The molecule has 0 fully saturated rings. The number of aromatic nitrogens is 2. The van der Waals surface area contributed by atoms with Gasteiger partial charge in [0.1, 0.15) is 5.15 Å². The molecule has 2 N–H and O–H groups in total. The molecule has 0 spiro atoms. The molecule has 2 aromatic rings. The molecule has 0 aliphatic rings. The first-order valence-electron chi connectivity index (χ1n) is 6.60. The van der Waals surface area contributed by atoms with Gasteiger partial charge in [0.05, 0.1) is 18.7 Å². The molecule has 5 nitrogen and oxygen atoms in total. The summed E-state index contributed by atoms with van der Waals surface area (Å²) in [6.45, 7) is 3.67. The second kappa shape index (κ2) is 6.28. The lowest BCUT2D eigenvalue weighted by Gasteiger charge is -2.10. The minimum Gasteiger partial charge on any atom is -0.392 e. The van der Waals surface area contributed by atoms with Crippen molar-refractivity contribution in [2.75, 3.05) is 5.32 Å². The fourth-order valence-corrected chi connectivity index (χ4v) is 2.37. The van der Waals surface area contributed by atoms with Gasteiger partial charge in [-0.15, -0.1) is 0 Å². The van der Waals surface area contributed by atoms with Crippen LogP contribution in [0.4, 0.5) is 5.69 Å². The number of anilines is 1. The third-order valence-electron chi connectivity index (χ3n) is 3.37. The molecule has 1 amide bonds. The van der Waals surface area contributed by atoms with Gasteiger partial charge >= 0.3 is 0 Å². The van der Waals surface area contributed by atoms with Gasteiger partial charge in [0.25, 0.3) is 0 Å². The summed E-state index contributed by atoms with van der Waals surface area (Å²) in [6.07, 6.45) is 0.168. The zero-order chi connectivity index (χ0) is 15.6. The van der Waals surface area contributed by atoms with Crippen molar-refractivity contribution in [3.8, 4) is 0 Å². The number of nitrogens with zero attached hydrogens (tertiary/aromatic N) is 2. The van der Waals surface area contributed by atoms with Gasteiger partial charge in [-0.2, -0.15) is 5.10 Å². The van der Waals surface area contributed by atoms with Gasteiger partial charge < -0.3 is 10.4 Å². The van der Waals surface area contributed by atoms with E-state index in [4.69, 9.17) is 16.7 Å². The SMILES string of the molecule is Cc1ccc(CO)cc1NC(=O)Cc1c(C)nn(C)c1Cl. The van der Waals surface area contributed by atoms with E-state index in [1.54, 1.807) is 17.8 Å². The van der Waals surface area contributed by atoms with E-state index < -0.39 is 0 Å². The normalized spacial score (nSPS) is 10.7. The molecule has 0 aliphatic heterocycles. The average Bonchev–Trinajstić information content (AvgIpc) is 2.68. The number of nitrogens with one attached hydrogen (secondary N) is 1. The zero-order valence-electron chi connectivity index (χ0n) is 12.3. The highest BCUT2D eigenvalue weighted by Gasteiger charge is 2.15. The number of aryl methyl sites for hydroxylation is 3. The van der Waals surface area contributed by atoms with Crippen molar-refractivity contribution in [2.45, 2.75) is 26.9 Å². The molecule has 1 aromatic carbocycles. The van der Waals surface area contributed by atoms with E-state index in [0.29, 0.717) is 10.8 Å². The van der Waals surface area contributed by atoms with Crippen molar-refractivity contribution in [3.05, 3.63) is 45.7 Å². The number of carbonyl (C=O) groups excluding carboxylic acids is 1. The molecule has 1 aromatic heterocycles. The van der Waals surface area contributed by atoms with Crippen LogP contribution < -0.4 is 5.32 Å². The Balaban J connectivity index is 2.15. The van der Waals surface area contributed by atoms with E-state index in [-0.39, 0.29) is 18.9 Å². The fourth-order valence-electron chi connectivity index (χ4n) is 2.13. The molecule has 2 rings (SSSR count). The molecule has 0 saturated carbocycles. The van der Waals surface area contributed by atoms with Crippen molar-refractivity contribution in [1.82, 2.24) is 9.78 Å². The van der Waals surface area contributed by atoms with Gasteiger partial charge in [0.15, 0.2) is 0 Å². The summed E-state index contributed by atoms with van der Waals surface area (Å²) in [5, 5.41) is 16.7. The Labute approximate surface area is 128 Å². The van der Waals surface area contributed by atoms with Crippen molar-refractivity contribution in [2.24, 2.45) is 7.05 Å². The van der Waals surface area contributed by atoms with Crippen LogP contribution in [0.15, 0.2) is 18.2 Å². The summed E-state index contributed by atoms with van der Waals surface area (Å²) in [5.74, 6) is -0.161. The number of aliphatic hydroxyl groups is 1. The van der Waals surface area contributed by atoms with E-state index in [0.717, 1.165) is 22.4 Å². The van der Waals surface area contributed by atoms with Crippen molar-refractivity contribution >= 4 is 23.2 Å². The lowest BCUT2D eigenvalue weighted by Crippen LogP contribution is -2.16. The Morgan fingerprint density at radius 2 is 2.14 bits per heavy atom. The molecule has 0 aliphatic carbocycles. The maximum Gasteiger partial charge on any atom is 0.228 e. The summed E-state index contributed by atoms with van der Waals surface area (Å²) < 4.78 is 1.55. The molecule has 0 radical (unpaired) electrons. The first-order valence-corrected chi connectivity index (χ1v) is 6.98. The number of hydrogen-bond acceptors (Lipinski definition) is 3. The number of hydrogen-bond donors (Lipinski definition) is 2. The first-order chi connectivity index (χ1) is 9.92. The van der Waals surface area contributed by atoms with E-state index in [1.807, 2.05) is 26.0 Å². The topological polar surface area (TPSA) is 67.2 Å². The number of halogens is 1. The largest absolute Gasteiger partial charge is 0.392 e. The molecule has 21 heavy (non-hydrogen) atoms. The van der Waals surface area contributed by atoms with Crippen molar-refractivity contribution in [1.29, 1.82) is 0 Å². The third kappa shape index (κ3) is 3.43. The van der Waals surface area contributed by atoms with Crippen LogP contribution in [0.1, 0.15) is 22.4 Å². The summed E-state index contributed by atoms with van der Waals surface area (Å²) in [6, 6.07) is 5.46. The van der Waals surface area contributed by atoms with E-state index in [2.05, 4.69) is 10.4 Å². The maximum atomic E-state index is 12.2. The Morgan fingerprint density at radius 1 is 1.43 bits per heavy atom. The molecule has 0 saturated heterocycles. The number of carbonyl (C=O) groups is 1. The molecule has 112 valence electrons. The van der Waals surface area contributed by atoms with Gasteiger partial charge in [0.2, 0.25) is 5.91 Å². The highest BCUT2D eigenvalue weighted by Crippen LogP contribution is 2.21. The highest BCUT2D eigenvalue weighted by atomic mass is 35.5. The third-order valence-corrected chi connectivity index (χ3v) is 3.84. The Bertz CT molecular complexity index is 680. The predicted octanol–water partition coefficient (Wildman–Crippen LogP) is 2.36. The lowest BCUT2D eigenvalue weighted by atomic mass is 10.1. The number of aliphatic hydroxyl groups excluding tert-OH is 1.